The van der Waals surface area contributed by atoms with Gasteiger partial charge in [0.2, 0.25) is 5.91 Å². The average Bonchev–Trinajstić information content (AvgIpc) is 2.15. The highest BCUT2D eigenvalue weighted by Crippen LogP contribution is 2.21. The molecule has 5 heteroatoms. The fourth-order valence-electron chi connectivity index (χ4n) is 1.23. The number of amides is 1. The standard InChI is InChI=1S/C11H13NO4/c1-7-5-9(12-8(2)13)3-4-10(7)16-6-11(14)15/h3-5H,6H2,1-2H3,(H,12,13)(H,14,15). The minimum absolute atomic E-state index is 0.154. The van der Waals surface area contributed by atoms with Gasteiger partial charge in [-0.25, -0.2) is 4.79 Å². The second-order valence-electron chi connectivity index (χ2n) is 3.34. The van der Waals surface area contributed by atoms with Gasteiger partial charge in [-0.3, -0.25) is 4.79 Å². The summed E-state index contributed by atoms with van der Waals surface area (Å²) >= 11 is 0. The number of benzene rings is 1. The summed E-state index contributed by atoms with van der Waals surface area (Å²) in [4.78, 5) is 21.1. The molecule has 0 bridgehead atoms. The Kier molecular flexibility index (Phi) is 3.88. The van der Waals surface area contributed by atoms with Gasteiger partial charge in [-0.1, -0.05) is 0 Å². The van der Waals surface area contributed by atoms with Crippen LogP contribution in [0.3, 0.4) is 0 Å². The summed E-state index contributed by atoms with van der Waals surface area (Å²) in [5, 5.41) is 11.1. The molecule has 1 aromatic carbocycles. The van der Waals surface area contributed by atoms with Crippen molar-refractivity contribution in [1.29, 1.82) is 0 Å². The fraction of sp³-hybridized carbons (Fsp3) is 0.273. The van der Waals surface area contributed by atoms with Crippen LogP contribution in [-0.4, -0.2) is 23.6 Å². The van der Waals surface area contributed by atoms with Crippen LogP contribution in [0.4, 0.5) is 5.69 Å². The van der Waals surface area contributed by atoms with Crippen molar-refractivity contribution in [3.63, 3.8) is 0 Å². The number of carboxylic acids is 1. The van der Waals surface area contributed by atoms with E-state index in [1.807, 2.05) is 0 Å². The van der Waals surface area contributed by atoms with E-state index in [-0.39, 0.29) is 12.5 Å². The van der Waals surface area contributed by atoms with Crippen LogP contribution in [0, 0.1) is 6.92 Å². The molecule has 86 valence electrons. The SMILES string of the molecule is CC(=O)Nc1ccc(OCC(=O)O)c(C)c1. The molecule has 1 aromatic rings. The van der Waals surface area contributed by atoms with Gasteiger partial charge in [0.05, 0.1) is 0 Å². The molecule has 0 unspecified atom stereocenters. The van der Waals surface area contributed by atoms with Crippen molar-refractivity contribution < 1.29 is 19.4 Å². The van der Waals surface area contributed by atoms with Crippen molar-refractivity contribution in [2.24, 2.45) is 0 Å². The van der Waals surface area contributed by atoms with Crippen LogP contribution in [0.15, 0.2) is 18.2 Å². The molecule has 2 N–H and O–H groups in total. The third-order valence-electron chi connectivity index (χ3n) is 1.85. The van der Waals surface area contributed by atoms with E-state index in [1.165, 1.54) is 6.92 Å². The molecule has 0 aromatic heterocycles. The molecule has 1 amide bonds. The first kappa shape index (κ1) is 12.0. The van der Waals surface area contributed by atoms with Gasteiger partial charge in [0.25, 0.3) is 0 Å². The Morgan fingerprint density at radius 1 is 1.44 bits per heavy atom. The van der Waals surface area contributed by atoms with Crippen LogP contribution in [0.5, 0.6) is 5.75 Å². The van der Waals surface area contributed by atoms with Gasteiger partial charge in [0, 0.05) is 12.6 Å². The van der Waals surface area contributed by atoms with Crippen LogP contribution in [0.2, 0.25) is 0 Å². The van der Waals surface area contributed by atoms with Gasteiger partial charge >= 0.3 is 5.97 Å². The molecule has 0 fully saturated rings. The maximum Gasteiger partial charge on any atom is 0.341 e. The van der Waals surface area contributed by atoms with Crippen LogP contribution >= 0.6 is 0 Å². The molecule has 0 atom stereocenters. The zero-order chi connectivity index (χ0) is 12.1. The second kappa shape index (κ2) is 5.16. The van der Waals surface area contributed by atoms with Crippen LogP contribution in [0.25, 0.3) is 0 Å². The van der Waals surface area contributed by atoms with Crippen LogP contribution < -0.4 is 10.1 Å². The number of aryl methyl sites for hydroxylation is 1. The van der Waals surface area contributed by atoms with Crippen molar-refractivity contribution in [3.05, 3.63) is 23.8 Å². The number of rotatable bonds is 4. The lowest BCUT2D eigenvalue weighted by atomic mass is 10.2. The molecule has 0 radical (unpaired) electrons. The Hall–Kier alpha value is -2.04. The summed E-state index contributed by atoms with van der Waals surface area (Å²) in [6, 6.07) is 5.01. The summed E-state index contributed by atoms with van der Waals surface area (Å²) in [6.45, 7) is 2.83. The Morgan fingerprint density at radius 2 is 2.12 bits per heavy atom. The molecule has 5 nitrogen and oxygen atoms in total. The molecule has 0 heterocycles. The Balaban J connectivity index is 2.75. The highest BCUT2D eigenvalue weighted by atomic mass is 16.5. The lowest BCUT2D eigenvalue weighted by molar-refractivity contribution is -0.139. The first-order chi connectivity index (χ1) is 7.49. The Labute approximate surface area is 93.0 Å². The summed E-state index contributed by atoms with van der Waals surface area (Å²) in [5.41, 5.74) is 1.43. The van der Waals surface area contributed by atoms with Crippen molar-refractivity contribution in [3.8, 4) is 5.75 Å². The maximum atomic E-state index is 10.8. The highest BCUT2D eigenvalue weighted by molar-refractivity contribution is 5.88. The van der Waals surface area contributed by atoms with Gasteiger partial charge in [-0.05, 0) is 30.7 Å². The normalized spacial score (nSPS) is 9.62. The summed E-state index contributed by atoms with van der Waals surface area (Å²) in [7, 11) is 0. The van der Waals surface area contributed by atoms with E-state index in [0.717, 1.165) is 5.56 Å². The minimum atomic E-state index is -1.02. The number of hydrogen-bond donors (Lipinski definition) is 2. The van der Waals surface area contributed by atoms with Gasteiger partial charge in [-0.15, -0.1) is 0 Å². The number of carbonyl (C=O) groups excluding carboxylic acids is 1. The fourth-order valence-corrected chi connectivity index (χ4v) is 1.23. The third kappa shape index (κ3) is 3.61. The van der Waals surface area contributed by atoms with E-state index in [2.05, 4.69) is 5.32 Å². The predicted octanol–water partition coefficient (Wildman–Crippen LogP) is 1.42. The zero-order valence-electron chi connectivity index (χ0n) is 9.11. The zero-order valence-corrected chi connectivity index (χ0v) is 9.11. The molecule has 0 aliphatic carbocycles. The van der Waals surface area contributed by atoms with Gasteiger partial charge in [0.1, 0.15) is 5.75 Å². The third-order valence-corrected chi connectivity index (χ3v) is 1.85. The number of aliphatic carboxylic acids is 1. The molecule has 0 saturated carbocycles. The molecule has 0 spiro atoms. The predicted molar refractivity (Wildman–Crippen MR) is 58.6 cm³/mol. The number of nitrogens with one attached hydrogen (secondary N) is 1. The van der Waals surface area contributed by atoms with E-state index < -0.39 is 5.97 Å². The van der Waals surface area contributed by atoms with E-state index in [4.69, 9.17) is 9.84 Å². The molecule has 1 rings (SSSR count). The molecule has 0 aliphatic heterocycles. The summed E-state index contributed by atoms with van der Waals surface area (Å²) < 4.78 is 5.05. The number of anilines is 1. The monoisotopic (exact) mass is 223 g/mol. The van der Waals surface area contributed by atoms with Crippen LogP contribution in [-0.2, 0) is 9.59 Å². The summed E-state index contributed by atoms with van der Waals surface area (Å²) in [6.07, 6.45) is 0. The van der Waals surface area contributed by atoms with Crippen molar-refractivity contribution in [1.82, 2.24) is 0 Å². The number of hydrogen-bond acceptors (Lipinski definition) is 3. The minimum Gasteiger partial charge on any atom is -0.482 e. The maximum absolute atomic E-state index is 10.8. The average molecular weight is 223 g/mol. The van der Waals surface area contributed by atoms with Crippen LogP contribution in [0.1, 0.15) is 12.5 Å². The van der Waals surface area contributed by atoms with Crippen molar-refractivity contribution in [2.75, 3.05) is 11.9 Å². The number of carboxylic acid groups (broad SMARTS) is 1. The molecular weight excluding hydrogens is 210 g/mol. The number of carbonyl (C=O) groups is 2. The lowest BCUT2D eigenvalue weighted by Gasteiger charge is -2.09. The van der Waals surface area contributed by atoms with E-state index in [0.29, 0.717) is 11.4 Å². The molecular formula is C11H13NO4. The highest BCUT2D eigenvalue weighted by Gasteiger charge is 2.04. The topological polar surface area (TPSA) is 75.6 Å². The number of ether oxygens (including phenoxy) is 1. The van der Waals surface area contributed by atoms with Crippen molar-refractivity contribution in [2.45, 2.75) is 13.8 Å². The van der Waals surface area contributed by atoms with E-state index in [1.54, 1.807) is 25.1 Å². The smallest absolute Gasteiger partial charge is 0.341 e. The van der Waals surface area contributed by atoms with Gasteiger partial charge < -0.3 is 15.2 Å². The molecule has 0 aliphatic rings. The molecule has 16 heavy (non-hydrogen) atoms. The Morgan fingerprint density at radius 3 is 2.62 bits per heavy atom. The van der Waals surface area contributed by atoms with Gasteiger partial charge in [0.15, 0.2) is 6.61 Å². The molecule has 0 saturated heterocycles. The quantitative estimate of drug-likeness (QED) is 0.809. The van der Waals surface area contributed by atoms with Gasteiger partial charge in [-0.2, -0.15) is 0 Å². The van der Waals surface area contributed by atoms with E-state index in [9.17, 15) is 9.59 Å². The van der Waals surface area contributed by atoms with Crippen molar-refractivity contribution >= 4 is 17.6 Å². The summed E-state index contributed by atoms with van der Waals surface area (Å²) in [5.74, 6) is -0.680. The first-order valence-electron chi connectivity index (χ1n) is 4.72. The van der Waals surface area contributed by atoms with E-state index >= 15 is 0 Å². The largest absolute Gasteiger partial charge is 0.482 e. The second-order valence-corrected chi connectivity index (χ2v) is 3.34. The lowest BCUT2D eigenvalue weighted by Crippen LogP contribution is -2.10. The first-order valence-corrected chi connectivity index (χ1v) is 4.72. The Bertz CT molecular complexity index is 414.